The number of benzene rings is 1. The summed E-state index contributed by atoms with van der Waals surface area (Å²) in [6.45, 7) is 0. The lowest BCUT2D eigenvalue weighted by molar-refractivity contribution is -0.803. The molecule has 1 rings (SSSR count). The highest BCUT2D eigenvalue weighted by molar-refractivity contribution is 5.77. The SMILES string of the molecule is NC(=O)N/[N+](O)=C\c1cccc([N+](=O)[O-])c1. The van der Waals surface area contributed by atoms with Crippen LogP contribution in [0.4, 0.5) is 10.5 Å². The van der Waals surface area contributed by atoms with Gasteiger partial charge in [0, 0.05) is 12.1 Å². The Kier molecular flexibility index (Phi) is 3.38. The molecule has 8 heteroatoms. The van der Waals surface area contributed by atoms with Crippen molar-refractivity contribution in [2.45, 2.75) is 0 Å². The molecule has 0 atom stereocenters. The van der Waals surface area contributed by atoms with Gasteiger partial charge >= 0.3 is 6.03 Å². The second-order valence-electron chi connectivity index (χ2n) is 2.80. The molecule has 0 heterocycles. The Labute approximate surface area is 89.7 Å². The minimum Gasteiger partial charge on any atom is -0.347 e. The normalized spacial score (nSPS) is 10.9. The Morgan fingerprint density at radius 1 is 1.56 bits per heavy atom. The van der Waals surface area contributed by atoms with Crippen molar-refractivity contribution in [1.29, 1.82) is 0 Å². The van der Waals surface area contributed by atoms with Crippen LogP contribution < -0.4 is 11.2 Å². The van der Waals surface area contributed by atoms with E-state index < -0.39 is 11.0 Å². The first-order valence-electron chi connectivity index (χ1n) is 4.12. The third-order valence-corrected chi connectivity index (χ3v) is 1.58. The highest BCUT2D eigenvalue weighted by Gasteiger charge is 2.09. The summed E-state index contributed by atoms with van der Waals surface area (Å²) in [5.74, 6) is 0. The fraction of sp³-hybridized carbons (Fsp3) is 0. The van der Waals surface area contributed by atoms with Crippen molar-refractivity contribution in [3.63, 3.8) is 0 Å². The third-order valence-electron chi connectivity index (χ3n) is 1.58. The molecule has 0 unspecified atom stereocenters. The molecule has 1 aromatic carbocycles. The van der Waals surface area contributed by atoms with E-state index in [2.05, 4.69) is 0 Å². The van der Waals surface area contributed by atoms with Gasteiger partial charge in [-0.1, -0.05) is 11.5 Å². The number of hydrogen-bond acceptors (Lipinski definition) is 4. The minimum absolute atomic E-state index is 0.124. The van der Waals surface area contributed by atoms with Crippen LogP contribution in [-0.4, -0.2) is 27.2 Å². The molecule has 0 fully saturated rings. The predicted octanol–water partition coefficient (Wildman–Crippen LogP) is -0.00130. The number of nitro groups is 1. The van der Waals surface area contributed by atoms with Crippen LogP contribution in [0.1, 0.15) is 5.56 Å². The van der Waals surface area contributed by atoms with Crippen molar-refractivity contribution in [1.82, 2.24) is 5.43 Å². The summed E-state index contributed by atoms with van der Waals surface area (Å²) in [4.78, 5) is 20.6. The van der Waals surface area contributed by atoms with Gasteiger partial charge in [-0.3, -0.25) is 15.3 Å². The molecule has 0 spiro atoms. The molecule has 0 aliphatic heterocycles. The number of nitrogens with two attached hydrogens (primary N) is 1. The molecular formula is C8H9N4O4+. The summed E-state index contributed by atoms with van der Waals surface area (Å²) in [6.07, 6.45) is 1.07. The molecule has 84 valence electrons. The molecule has 0 aliphatic rings. The first-order valence-corrected chi connectivity index (χ1v) is 4.12. The van der Waals surface area contributed by atoms with E-state index in [4.69, 9.17) is 10.9 Å². The van der Waals surface area contributed by atoms with Crippen LogP contribution in [0, 0.1) is 10.1 Å². The number of urea groups is 1. The van der Waals surface area contributed by atoms with Gasteiger partial charge in [-0.05, 0) is 6.07 Å². The lowest BCUT2D eigenvalue weighted by Crippen LogP contribution is -2.37. The number of carbonyl (C=O) groups is 1. The van der Waals surface area contributed by atoms with Gasteiger partial charge in [-0.25, -0.2) is 4.79 Å². The van der Waals surface area contributed by atoms with Crippen molar-refractivity contribution in [2.24, 2.45) is 5.73 Å². The number of nitrogens with zero attached hydrogens (tertiary/aromatic N) is 2. The number of hydrazine groups is 1. The lowest BCUT2D eigenvalue weighted by Gasteiger charge is -1.93. The Morgan fingerprint density at radius 3 is 2.81 bits per heavy atom. The van der Waals surface area contributed by atoms with Gasteiger partial charge < -0.3 is 5.73 Å². The van der Waals surface area contributed by atoms with Gasteiger partial charge in [0.15, 0.2) is 0 Å². The fourth-order valence-corrected chi connectivity index (χ4v) is 1.01. The molecule has 8 nitrogen and oxygen atoms in total. The van der Waals surface area contributed by atoms with Crippen molar-refractivity contribution in [2.75, 3.05) is 0 Å². The maximum absolute atomic E-state index is 10.4. The number of primary amides is 1. The Morgan fingerprint density at radius 2 is 2.25 bits per heavy atom. The minimum atomic E-state index is -0.954. The number of non-ortho nitro benzene ring substituents is 1. The summed E-state index contributed by atoms with van der Waals surface area (Å²) in [5.41, 5.74) is 6.80. The Balaban J connectivity index is 2.92. The zero-order valence-corrected chi connectivity index (χ0v) is 8.03. The van der Waals surface area contributed by atoms with Gasteiger partial charge in [-0.2, -0.15) is 0 Å². The summed E-state index contributed by atoms with van der Waals surface area (Å²) >= 11 is 0. The van der Waals surface area contributed by atoms with Gasteiger partial charge in [0.2, 0.25) is 0 Å². The molecule has 2 amide bonds. The molecular weight excluding hydrogens is 216 g/mol. The van der Waals surface area contributed by atoms with E-state index in [-0.39, 0.29) is 5.69 Å². The average molecular weight is 225 g/mol. The van der Waals surface area contributed by atoms with Crippen LogP contribution in [0.15, 0.2) is 24.3 Å². The van der Waals surface area contributed by atoms with Crippen molar-refractivity contribution >= 4 is 17.9 Å². The molecule has 0 aliphatic carbocycles. The highest BCUT2D eigenvalue weighted by atomic mass is 16.6. The number of hydrazone groups is 1. The largest absolute Gasteiger partial charge is 0.369 e. The quantitative estimate of drug-likeness (QED) is 0.220. The molecule has 0 saturated carbocycles. The fourth-order valence-electron chi connectivity index (χ4n) is 1.01. The monoisotopic (exact) mass is 225 g/mol. The second kappa shape index (κ2) is 4.73. The number of carbonyl (C=O) groups excluding carboxylic acids is 1. The maximum Gasteiger partial charge on any atom is 0.369 e. The van der Waals surface area contributed by atoms with Crippen LogP contribution in [0.25, 0.3) is 0 Å². The molecule has 16 heavy (non-hydrogen) atoms. The van der Waals surface area contributed by atoms with Crippen LogP contribution in [0.3, 0.4) is 0 Å². The zero-order valence-electron chi connectivity index (χ0n) is 8.03. The molecule has 1 aromatic rings. The van der Waals surface area contributed by atoms with E-state index in [1.807, 2.05) is 5.43 Å². The van der Waals surface area contributed by atoms with Crippen LogP contribution in [0.2, 0.25) is 0 Å². The molecule has 0 radical (unpaired) electrons. The summed E-state index contributed by atoms with van der Waals surface area (Å²) in [5, 5.41) is 19.5. The Hall–Kier alpha value is -2.64. The van der Waals surface area contributed by atoms with Crippen LogP contribution in [0.5, 0.6) is 0 Å². The summed E-state index contributed by atoms with van der Waals surface area (Å²) in [6, 6.07) is 4.54. The van der Waals surface area contributed by atoms with Gasteiger partial charge in [0.1, 0.15) is 0 Å². The smallest absolute Gasteiger partial charge is 0.347 e. The highest BCUT2D eigenvalue weighted by Crippen LogP contribution is 2.11. The molecule has 0 aromatic heterocycles. The van der Waals surface area contributed by atoms with Gasteiger partial charge in [0.05, 0.1) is 15.3 Å². The summed E-state index contributed by atoms with van der Waals surface area (Å²) in [7, 11) is 0. The average Bonchev–Trinajstić information content (AvgIpc) is 2.16. The number of hydrogen-bond donors (Lipinski definition) is 3. The third kappa shape index (κ3) is 3.25. The zero-order chi connectivity index (χ0) is 12.1. The van der Waals surface area contributed by atoms with E-state index in [0.717, 1.165) is 6.21 Å². The van der Waals surface area contributed by atoms with E-state index in [0.29, 0.717) is 10.4 Å². The van der Waals surface area contributed by atoms with E-state index >= 15 is 0 Å². The predicted molar refractivity (Wildman–Crippen MR) is 53.0 cm³/mol. The van der Waals surface area contributed by atoms with Crippen LogP contribution in [-0.2, 0) is 0 Å². The summed E-state index contributed by atoms with van der Waals surface area (Å²) < 4.78 is 0. The first kappa shape index (κ1) is 11.4. The van der Waals surface area contributed by atoms with Crippen LogP contribution >= 0.6 is 0 Å². The first-order chi connectivity index (χ1) is 7.49. The lowest BCUT2D eigenvalue weighted by atomic mass is 10.2. The maximum atomic E-state index is 10.4. The number of rotatable bonds is 3. The van der Waals surface area contributed by atoms with Crippen molar-refractivity contribution in [3.05, 3.63) is 39.9 Å². The van der Waals surface area contributed by atoms with Crippen molar-refractivity contribution < 1.29 is 19.8 Å². The van der Waals surface area contributed by atoms with E-state index in [1.165, 1.54) is 24.3 Å². The number of nitrogens with one attached hydrogen (secondary N) is 1. The molecule has 4 N–H and O–H groups in total. The topological polar surface area (TPSA) is 122 Å². The standard InChI is InChI=1S/C8H8N4O4/c9-8(13)10-11(14)5-6-2-1-3-7(4-6)12(15)16/h1-5H,(H3-,9,10,13,14)/p+1/b11-5+. The van der Waals surface area contributed by atoms with E-state index in [1.54, 1.807) is 0 Å². The Bertz CT molecular complexity index is 457. The molecule has 0 saturated heterocycles. The second-order valence-corrected chi connectivity index (χ2v) is 2.80. The van der Waals surface area contributed by atoms with Gasteiger partial charge in [-0.15, -0.1) is 0 Å². The van der Waals surface area contributed by atoms with E-state index in [9.17, 15) is 14.9 Å². The van der Waals surface area contributed by atoms with Gasteiger partial charge in [0.25, 0.3) is 11.9 Å². The van der Waals surface area contributed by atoms with Crippen molar-refractivity contribution in [3.8, 4) is 0 Å². The number of nitro benzene ring substituents is 1. The number of amides is 2. The molecule has 0 bridgehead atoms.